The highest BCUT2D eigenvalue weighted by molar-refractivity contribution is 14.1. The van der Waals surface area contributed by atoms with Gasteiger partial charge in [0.2, 0.25) is 0 Å². The zero-order valence-corrected chi connectivity index (χ0v) is 12.7. The predicted molar refractivity (Wildman–Crippen MR) is 82.6 cm³/mol. The number of hydrogen-bond acceptors (Lipinski definition) is 2. The van der Waals surface area contributed by atoms with Gasteiger partial charge < -0.3 is 9.73 Å². The van der Waals surface area contributed by atoms with E-state index in [0.717, 1.165) is 25.1 Å². The lowest BCUT2D eigenvalue weighted by molar-refractivity contribution is 0.448. The van der Waals surface area contributed by atoms with Crippen molar-refractivity contribution in [2.75, 3.05) is 6.54 Å². The van der Waals surface area contributed by atoms with Crippen molar-refractivity contribution in [3.63, 3.8) is 0 Å². The normalized spacial score (nSPS) is 12.6. The number of hydrogen-bond donors (Lipinski definition) is 1. The largest absolute Gasteiger partial charge is 0.469 e. The number of furan rings is 1. The maximum atomic E-state index is 5.46. The van der Waals surface area contributed by atoms with Crippen LogP contribution in [0.4, 0.5) is 0 Å². The van der Waals surface area contributed by atoms with Crippen molar-refractivity contribution in [2.24, 2.45) is 0 Å². The van der Waals surface area contributed by atoms with Gasteiger partial charge in [-0.2, -0.15) is 0 Å². The first kappa shape index (κ1) is 13.6. The summed E-state index contributed by atoms with van der Waals surface area (Å²) in [7, 11) is 0. The molecule has 0 aliphatic heterocycles. The molecule has 96 valence electrons. The van der Waals surface area contributed by atoms with Gasteiger partial charge in [-0.25, -0.2) is 0 Å². The Hall–Kier alpha value is -0.810. The number of benzene rings is 1. The molecule has 0 saturated heterocycles. The van der Waals surface area contributed by atoms with E-state index in [2.05, 4.69) is 59.1 Å². The van der Waals surface area contributed by atoms with E-state index in [1.165, 1.54) is 9.13 Å². The SMILES string of the molecule is CCCNC(Cc1ccco1)c1ccccc1I. The first-order chi connectivity index (χ1) is 8.81. The van der Waals surface area contributed by atoms with Crippen molar-refractivity contribution >= 4 is 22.6 Å². The summed E-state index contributed by atoms with van der Waals surface area (Å²) in [6.45, 7) is 3.21. The molecule has 0 spiro atoms. The van der Waals surface area contributed by atoms with Gasteiger partial charge in [0, 0.05) is 16.0 Å². The first-order valence-corrected chi connectivity index (χ1v) is 7.39. The third kappa shape index (κ3) is 3.59. The molecule has 1 aromatic carbocycles. The van der Waals surface area contributed by atoms with Crippen molar-refractivity contribution in [3.05, 3.63) is 57.6 Å². The van der Waals surface area contributed by atoms with Gasteiger partial charge in [0.25, 0.3) is 0 Å². The highest BCUT2D eigenvalue weighted by Crippen LogP contribution is 2.23. The molecule has 0 fully saturated rings. The molecule has 2 rings (SSSR count). The average molecular weight is 355 g/mol. The summed E-state index contributed by atoms with van der Waals surface area (Å²) in [5, 5.41) is 3.60. The fraction of sp³-hybridized carbons (Fsp3) is 0.333. The van der Waals surface area contributed by atoms with Crippen LogP contribution >= 0.6 is 22.6 Å². The van der Waals surface area contributed by atoms with Crippen LogP contribution in [0.5, 0.6) is 0 Å². The van der Waals surface area contributed by atoms with Gasteiger partial charge in [0.1, 0.15) is 5.76 Å². The van der Waals surface area contributed by atoms with Gasteiger partial charge in [-0.15, -0.1) is 0 Å². The van der Waals surface area contributed by atoms with Crippen LogP contribution in [0.2, 0.25) is 0 Å². The van der Waals surface area contributed by atoms with Crippen LogP contribution in [0, 0.1) is 3.57 Å². The van der Waals surface area contributed by atoms with Gasteiger partial charge in [0.05, 0.1) is 6.26 Å². The van der Waals surface area contributed by atoms with Crippen molar-refractivity contribution in [1.29, 1.82) is 0 Å². The Kier molecular flexibility index (Phi) is 5.26. The fourth-order valence-corrected chi connectivity index (χ4v) is 2.76. The quantitative estimate of drug-likeness (QED) is 0.787. The van der Waals surface area contributed by atoms with E-state index in [9.17, 15) is 0 Å². The molecule has 18 heavy (non-hydrogen) atoms. The summed E-state index contributed by atoms with van der Waals surface area (Å²) < 4.78 is 6.76. The van der Waals surface area contributed by atoms with E-state index in [4.69, 9.17) is 4.42 Å². The minimum atomic E-state index is 0.323. The molecule has 1 N–H and O–H groups in total. The molecular formula is C15H18INO. The van der Waals surface area contributed by atoms with Crippen molar-refractivity contribution in [3.8, 4) is 0 Å². The van der Waals surface area contributed by atoms with Gasteiger partial charge in [-0.1, -0.05) is 25.1 Å². The smallest absolute Gasteiger partial charge is 0.105 e. The molecule has 1 aromatic heterocycles. The summed E-state index contributed by atoms with van der Waals surface area (Å²) in [5.74, 6) is 1.03. The zero-order valence-electron chi connectivity index (χ0n) is 10.5. The number of rotatable bonds is 6. The van der Waals surface area contributed by atoms with Crippen molar-refractivity contribution < 1.29 is 4.42 Å². The molecule has 0 saturated carbocycles. The Labute approximate surface area is 122 Å². The van der Waals surface area contributed by atoms with Crippen LogP contribution in [0.15, 0.2) is 47.1 Å². The molecule has 2 aromatic rings. The van der Waals surface area contributed by atoms with E-state index in [-0.39, 0.29) is 0 Å². The van der Waals surface area contributed by atoms with Crippen molar-refractivity contribution in [2.45, 2.75) is 25.8 Å². The minimum absolute atomic E-state index is 0.323. The molecule has 0 aliphatic carbocycles. The molecule has 0 aliphatic rings. The number of nitrogens with one attached hydrogen (secondary N) is 1. The van der Waals surface area contributed by atoms with Gasteiger partial charge in [-0.3, -0.25) is 0 Å². The van der Waals surface area contributed by atoms with E-state index in [1.54, 1.807) is 6.26 Å². The van der Waals surface area contributed by atoms with Gasteiger partial charge in [0.15, 0.2) is 0 Å². The Morgan fingerprint density at radius 2 is 2.06 bits per heavy atom. The zero-order chi connectivity index (χ0) is 12.8. The van der Waals surface area contributed by atoms with Gasteiger partial charge in [-0.05, 0) is 59.3 Å². The van der Waals surface area contributed by atoms with Crippen LogP contribution in [-0.2, 0) is 6.42 Å². The third-order valence-corrected chi connectivity index (χ3v) is 3.89. The van der Waals surface area contributed by atoms with Crippen molar-refractivity contribution in [1.82, 2.24) is 5.32 Å². The first-order valence-electron chi connectivity index (χ1n) is 6.31. The molecule has 3 heteroatoms. The second-order valence-corrected chi connectivity index (χ2v) is 5.47. The highest BCUT2D eigenvalue weighted by Gasteiger charge is 2.15. The summed E-state index contributed by atoms with van der Waals surface area (Å²) >= 11 is 2.40. The fourth-order valence-electron chi connectivity index (χ4n) is 2.00. The molecule has 2 nitrogen and oxygen atoms in total. The topological polar surface area (TPSA) is 25.2 Å². The number of halogens is 1. The lowest BCUT2D eigenvalue weighted by atomic mass is 10.0. The Morgan fingerprint density at radius 3 is 2.72 bits per heavy atom. The lowest BCUT2D eigenvalue weighted by Gasteiger charge is -2.19. The van der Waals surface area contributed by atoms with E-state index >= 15 is 0 Å². The molecule has 0 radical (unpaired) electrons. The molecule has 0 bridgehead atoms. The van der Waals surface area contributed by atoms with E-state index < -0.39 is 0 Å². The van der Waals surface area contributed by atoms with Crippen LogP contribution in [0.3, 0.4) is 0 Å². The highest BCUT2D eigenvalue weighted by atomic mass is 127. The molecule has 0 amide bonds. The maximum Gasteiger partial charge on any atom is 0.105 e. The summed E-state index contributed by atoms with van der Waals surface area (Å²) in [4.78, 5) is 0. The molecule has 1 heterocycles. The molecule has 1 atom stereocenters. The summed E-state index contributed by atoms with van der Waals surface area (Å²) in [5.41, 5.74) is 1.35. The second-order valence-electron chi connectivity index (χ2n) is 4.31. The van der Waals surface area contributed by atoms with E-state index in [1.807, 2.05) is 12.1 Å². The lowest BCUT2D eigenvalue weighted by Crippen LogP contribution is -2.24. The Morgan fingerprint density at radius 1 is 1.22 bits per heavy atom. The minimum Gasteiger partial charge on any atom is -0.469 e. The summed E-state index contributed by atoms with van der Waals surface area (Å²) in [6, 6.07) is 12.8. The predicted octanol–water partition coefficient (Wildman–Crippen LogP) is 4.17. The molecular weight excluding hydrogens is 337 g/mol. The summed E-state index contributed by atoms with van der Waals surface area (Å²) in [6.07, 6.45) is 3.77. The van der Waals surface area contributed by atoms with Gasteiger partial charge >= 0.3 is 0 Å². The average Bonchev–Trinajstić information content (AvgIpc) is 2.88. The Balaban J connectivity index is 2.16. The standard InChI is InChI=1S/C15H18INO/c1-2-9-17-15(11-12-6-5-10-18-12)13-7-3-4-8-14(13)16/h3-8,10,15,17H,2,9,11H2,1H3. The molecule has 1 unspecified atom stereocenters. The van der Waals surface area contributed by atoms with Crippen LogP contribution in [0.25, 0.3) is 0 Å². The Bertz CT molecular complexity index is 467. The maximum absolute atomic E-state index is 5.46. The van der Waals surface area contributed by atoms with E-state index in [0.29, 0.717) is 6.04 Å². The second kappa shape index (κ2) is 6.95. The monoisotopic (exact) mass is 355 g/mol. The van der Waals surface area contributed by atoms with Crippen LogP contribution in [0.1, 0.15) is 30.7 Å². The third-order valence-electron chi connectivity index (χ3n) is 2.91. The van der Waals surface area contributed by atoms with Crippen LogP contribution < -0.4 is 5.32 Å². The van der Waals surface area contributed by atoms with Crippen LogP contribution in [-0.4, -0.2) is 6.54 Å².